The van der Waals surface area contributed by atoms with Crippen LogP contribution in [0, 0.1) is 40.7 Å². The number of hydrogen-bond donors (Lipinski definition) is 0. The molecule has 0 fully saturated rings. The highest BCUT2D eigenvalue weighted by atomic mass is 19.2. The first-order valence-electron chi connectivity index (χ1n) is 27.7. The molecular weight excluding hydrogens is 1100 g/mol. The van der Waals surface area contributed by atoms with E-state index in [-0.39, 0.29) is 75.3 Å². The van der Waals surface area contributed by atoms with Crippen molar-refractivity contribution >= 4 is 89.2 Å². The third-order valence-electron chi connectivity index (χ3n) is 15.2. The molecule has 5 heterocycles. The lowest BCUT2D eigenvalue weighted by molar-refractivity contribution is 0.336. The van der Waals surface area contributed by atoms with Gasteiger partial charge >= 0.3 is 34.6 Å². The minimum absolute atomic E-state index is 0.0446. The zero-order chi connectivity index (χ0) is 59.7. The number of halogens is 7. The highest BCUT2D eigenvalue weighted by Gasteiger charge is 2.34. The molecule has 0 bridgehead atoms. The molecule has 5 aliphatic rings. The molecule has 0 unspecified atom stereocenters. The van der Waals surface area contributed by atoms with Gasteiger partial charge in [-0.3, -0.25) is 0 Å². The molecule has 426 valence electrons. The summed E-state index contributed by atoms with van der Waals surface area (Å²) in [6.07, 6.45) is 0. The van der Waals surface area contributed by atoms with Gasteiger partial charge in [-0.05, 0) is 192 Å². The SMILES string of the molecule is COc1ccc(B2OCc3cc(F)ccc32)cc1.COc1cccc(B2OCc3cc(F)ccc32)c1.Fc1ccc(B2OCc3cc(F)ccc32)cc1.Fc1ccc2c(c1)COB2c1ccccc1.Fc1cccc(B2OCc3cc(F)ccc32)c1. The lowest BCUT2D eigenvalue weighted by Crippen LogP contribution is -2.41. The summed E-state index contributed by atoms with van der Waals surface area (Å²) in [4.78, 5) is 0. The fraction of sp³-hybridized carbons (Fsp3) is 0.104. The van der Waals surface area contributed by atoms with Gasteiger partial charge in [-0.1, -0.05) is 109 Å². The summed E-state index contributed by atoms with van der Waals surface area (Å²) in [5.74, 6) is -0.109. The molecule has 15 rings (SSSR count). The highest BCUT2D eigenvalue weighted by molar-refractivity contribution is 6.83. The molecule has 0 atom stereocenters. The molecule has 0 N–H and O–H groups in total. The molecule has 10 aromatic carbocycles. The van der Waals surface area contributed by atoms with E-state index in [0.29, 0.717) is 33.0 Å². The smallest absolute Gasteiger partial charge is 0.362 e. The van der Waals surface area contributed by atoms with Crippen LogP contribution in [0.3, 0.4) is 0 Å². The van der Waals surface area contributed by atoms with Crippen molar-refractivity contribution in [3.8, 4) is 11.5 Å². The Morgan fingerprint density at radius 1 is 0.256 bits per heavy atom. The van der Waals surface area contributed by atoms with Gasteiger partial charge < -0.3 is 32.7 Å². The minimum Gasteiger partial charge on any atom is -0.497 e. The van der Waals surface area contributed by atoms with E-state index in [2.05, 4.69) is 0 Å². The summed E-state index contributed by atoms with van der Waals surface area (Å²) in [7, 11) is 3.27. The van der Waals surface area contributed by atoms with Crippen LogP contribution < -0.4 is 64.1 Å². The first-order chi connectivity index (χ1) is 41.9. The number of rotatable bonds is 7. The predicted molar refractivity (Wildman–Crippen MR) is 326 cm³/mol. The second kappa shape index (κ2) is 27.2. The van der Waals surface area contributed by atoms with Crippen LogP contribution in [0.5, 0.6) is 11.5 Å². The lowest BCUT2D eigenvalue weighted by atomic mass is 9.56. The maximum Gasteiger partial charge on any atom is 0.362 e. The molecule has 10 aromatic rings. The van der Waals surface area contributed by atoms with E-state index in [9.17, 15) is 30.7 Å². The van der Waals surface area contributed by atoms with E-state index in [1.54, 1.807) is 68.8 Å². The van der Waals surface area contributed by atoms with E-state index in [4.69, 9.17) is 32.7 Å². The van der Waals surface area contributed by atoms with Crippen LogP contribution in [0.2, 0.25) is 0 Å². The van der Waals surface area contributed by atoms with Gasteiger partial charge in [0.15, 0.2) is 0 Å². The number of fused-ring (bicyclic) bond motifs is 5. The lowest BCUT2D eigenvalue weighted by Gasteiger charge is -2.08. The van der Waals surface area contributed by atoms with Gasteiger partial charge in [0, 0.05) is 0 Å². The number of methoxy groups -OCH3 is 2. The highest BCUT2D eigenvalue weighted by Crippen LogP contribution is 2.19. The van der Waals surface area contributed by atoms with Crippen molar-refractivity contribution < 1.29 is 63.5 Å². The fourth-order valence-electron chi connectivity index (χ4n) is 11.0. The molecule has 0 saturated heterocycles. The molecule has 0 spiro atoms. The number of benzene rings is 10. The van der Waals surface area contributed by atoms with E-state index in [1.165, 1.54) is 72.8 Å². The minimum atomic E-state index is -0.290. The molecule has 86 heavy (non-hydrogen) atoms. The second-order valence-electron chi connectivity index (χ2n) is 20.7. The Bertz CT molecular complexity index is 3980. The van der Waals surface area contributed by atoms with Crippen molar-refractivity contribution in [1.29, 1.82) is 0 Å². The second-order valence-corrected chi connectivity index (χ2v) is 20.7. The van der Waals surface area contributed by atoms with Crippen molar-refractivity contribution in [3.63, 3.8) is 0 Å². The van der Waals surface area contributed by atoms with E-state index >= 15 is 0 Å². The van der Waals surface area contributed by atoms with Gasteiger partial charge in [-0.15, -0.1) is 0 Å². The number of ether oxygens (including phenoxy) is 2. The average Bonchev–Trinajstić information content (AvgIpc) is 3.41. The molecule has 0 amide bonds. The molecule has 0 radical (unpaired) electrons. The summed E-state index contributed by atoms with van der Waals surface area (Å²) in [5.41, 5.74) is 14.4. The maximum atomic E-state index is 13.1. The molecule has 7 nitrogen and oxygen atoms in total. The largest absolute Gasteiger partial charge is 0.497 e. The maximum absolute atomic E-state index is 13.1. The van der Waals surface area contributed by atoms with Crippen LogP contribution in [-0.4, -0.2) is 48.8 Å². The van der Waals surface area contributed by atoms with E-state index in [1.807, 2.05) is 91.0 Å². The monoisotopic (exact) mass is 1160 g/mol. The van der Waals surface area contributed by atoms with Crippen molar-refractivity contribution in [1.82, 2.24) is 0 Å². The summed E-state index contributed by atoms with van der Waals surface area (Å²) in [6.45, 7) is 1.39. The van der Waals surface area contributed by atoms with Crippen molar-refractivity contribution in [2.24, 2.45) is 0 Å². The van der Waals surface area contributed by atoms with Crippen molar-refractivity contribution in [2.45, 2.75) is 33.0 Å². The van der Waals surface area contributed by atoms with Gasteiger partial charge in [-0.25, -0.2) is 30.7 Å². The Hall–Kier alpha value is -8.57. The van der Waals surface area contributed by atoms with E-state index < -0.39 is 0 Å². The normalized spacial score (nSPS) is 13.8. The van der Waals surface area contributed by atoms with Crippen LogP contribution in [0.4, 0.5) is 30.7 Å². The molecule has 5 aliphatic heterocycles. The van der Waals surface area contributed by atoms with Crippen molar-refractivity contribution in [2.75, 3.05) is 14.2 Å². The molecule has 0 saturated carbocycles. The molecule has 19 heteroatoms. The Morgan fingerprint density at radius 3 is 0.907 bits per heavy atom. The summed E-state index contributed by atoms with van der Waals surface area (Å²) >= 11 is 0. The van der Waals surface area contributed by atoms with Crippen LogP contribution in [0.25, 0.3) is 0 Å². The first kappa shape index (κ1) is 59.2. The molecular formula is C67H52B5F7O7. The summed E-state index contributed by atoms with van der Waals surface area (Å²) in [6, 6.07) is 61.7. The van der Waals surface area contributed by atoms with Crippen LogP contribution in [-0.2, 0) is 56.3 Å². The van der Waals surface area contributed by atoms with Crippen LogP contribution in [0.1, 0.15) is 27.8 Å². The van der Waals surface area contributed by atoms with Gasteiger partial charge in [0.25, 0.3) is 0 Å². The summed E-state index contributed by atoms with van der Waals surface area (Å²) in [5, 5.41) is 0. The van der Waals surface area contributed by atoms with Crippen LogP contribution >= 0.6 is 0 Å². The van der Waals surface area contributed by atoms with Gasteiger partial charge in [0.05, 0.1) is 47.3 Å². The van der Waals surface area contributed by atoms with Gasteiger partial charge in [0.2, 0.25) is 0 Å². The third kappa shape index (κ3) is 13.9. The first-order valence-corrected chi connectivity index (χ1v) is 27.7. The van der Waals surface area contributed by atoms with Crippen molar-refractivity contribution in [3.05, 3.63) is 287 Å². The Labute approximate surface area is 496 Å². The van der Waals surface area contributed by atoms with Gasteiger partial charge in [0.1, 0.15) is 52.2 Å². The zero-order valence-electron chi connectivity index (χ0n) is 46.7. The molecule has 0 aliphatic carbocycles. The quantitative estimate of drug-likeness (QED) is 0.120. The third-order valence-corrected chi connectivity index (χ3v) is 15.2. The Balaban J connectivity index is 0.000000112. The topological polar surface area (TPSA) is 64.6 Å². The number of hydrogen-bond acceptors (Lipinski definition) is 7. The Morgan fingerprint density at radius 2 is 0.547 bits per heavy atom. The molecule has 0 aromatic heterocycles. The fourth-order valence-corrected chi connectivity index (χ4v) is 11.0. The van der Waals surface area contributed by atoms with Crippen LogP contribution in [0.15, 0.2) is 218 Å². The van der Waals surface area contributed by atoms with Gasteiger partial charge in [-0.2, -0.15) is 0 Å². The predicted octanol–water partition coefficient (Wildman–Crippen LogP) is 7.60. The zero-order valence-corrected chi connectivity index (χ0v) is 46.7. The average molecular weight is 1160 g/mol. The standard InChI is InChI=1S/2C14H12BFO2.2C13H9BF2O.C13H10BFO/c1-17-13-5-2-11(3-6-13)15-14-7-4-12(16)8-10(14)9-18-15;1-17-13-4-2-3-11(8-13)15-14-6-5-12(16)7-10(14)9-18-15;15-11-3-1-10(2-4-11)14-13-6-5-12(16)7-9(13)8-17-14;15-11-3-1-2-10(7-11)14-13-5-4-12(16)6-9(13)8-17-14;15-12-6-7-13-10(8-12)9-16-14(13)11-4-2-1-3-5-11/h2*2-8H,9H2,1H3;2*1-7H,8H2;1-8H,9H2. The van der Waals surface area contributed by atoms with E-state index in [0.717, 1.165) is 93.9 Å². The summed E-state index contributed by atoms with van der Waals surface area (Å²) < 4.78 is 130. The Kier molecular flexibility index (Phi) is 18.7.